The molecule has 2 heterocycles. The molecular weight excluding hydrogens is 326 g/mol. The molecule has 1 fully saturated rings. The Hall–Kier alpha value is -2.47. The standard InChI is InChI=1S/C20H27N5O/c1-20(2,3)16-5-7-17(8-6-16)23-18(26)15-24-11-13-25(14-12-24)19-21-9-4-10-22-19/h4-10H,11-15H2,1-3H3,(H,23,26)/p+1. The van der Waals surface area contributed by atoms with Crippen LogP contribution in [-0.2, 0) is 10.2 Å². The zero-order valence-corrected chi connectivity index (χ0v) is 15.8. The van der Waals surface area contributed by atoms with E-state index in [1.807, 2.05) is 18.2 Å². The van der Waals surface area contributed by atoms with Crippen LogP contribution >= 0.6 is 0 Å². The van der Waals surface area contributed by atoms with Crippen molar-refractivity contribution in [3.8, 4) is 0 Å². The Morgan fingerprint density at radius 1 is 1.12 bits per heavy atom. The summed E-state index contributed by atoms with van der Waals surface area (Å²) in [5.41, 5.74) is 2.24. The van der Waals surface area contributed by atoms with E-state index in [-0.39, 0.29) is 11.3 Å². The summed E-state index contributed by atoms with van der Waals surface area (Å²) in [6.07, 6.45) is 3.53. The molecule has 0 atom stereocenters. The second-order valence-electron chi connectivity index (χ2n) is 7.84. The summed E-state index contributed by atoms with van der Waals surface area (Å²) in [6, 6.07) is 9.96. The lowest BCUT2D eigenvalue weighted by molar-refractivity contribution is -0.892. The largest absolute Gasteiger partial charge is 0.330 e. The molecule has 1 amide bonds. The maximum absolute atomic E-state index is 12.3. The van der Waals surface area contributed by atoms with Gasteiger partial charge in [0.15, 0.2) is 6.54 Å². The average molecular weight is 354 g/mol. The van der Waals surface area contributed by atoms with Crippen molar-refractivity contribution in [1.29, 1.82) is 0 Å². The van der Waals surface area contributed by atoms with E-state index >= 15 is 0 Å². The molecule has 1 aromatic carbocycles. The molecular formula is C20H28N5O+. The Kier molecular flexibility index (Phi) is 5.52. The molecule has 138 valence electrons. The second kappa shape index (κ2) is 7.83. The first-order chi connectivity index (χ1) is 12.4. The Labute approximate surface area is 155 Å². The summed E-state index contributed by atoms with van der Waals surface area (Å²) in [6.45, 7) is 10.6. The second-order valence-corrected chi connectivity index (χ2v) is 7.84. The molecule has 1 aliphatic heterocycles. The van der Waals surface area contributed by atoms with Crippen LogP contribution < -0.4 is 15.1 Å². The molecule has 1 aromatic heterocycles. The molecule has 0 bridgehead atoms. The monoisotopic (exact) mass is 354 g/mol. The van der Waals surface area contributed by atoms with Crippen molar-refractivity contribution < 1.29 is 9.69 Å². The third-order valence-electron chi connectivity index (χ3n) is 4.75. The van der Waals surface area contributed by atoms with Gasteiger partial charge in [0.1, 0.15) is 0 Å². The van der Waals surface area contributed by atoms with Crippen molar-refractivity contribution in [3.05, 3.63) is 48.3 Å². The number of piperazine rings is 1. The van der Waals surface area contributed by atoms with Crippen molar-refractivity contribution in [2.75, 3.05) is 42.9 Å². The van der Waals surface area contributed by atoms with Gasteiger partial charge in [0.25, 0.3) is 5.91 Å². The van der Waals surface area contributed by atoms with Gasteiger partial charge >= 0.3 is 0 Å². The molecule has 0 spiro atoms. The Morgan fingerprint density at radius 2 is 1.73 bits per heavy atom. The van der Waals surface area contributed by atoms with E-state index in [1.165, 1.54) is 10.5 Å². The van der Waals surface area contributed by atoms with Gasteiger partial charge in [-0.3, -0.25) is 4.79 Å². The number of carbonyl (C=O) groups is 1. The molecule has 1 saturated heterocycles. The van der Waals surface area contributed by atoms with Crippen LogP contribution in [-0.4, -0.2) is 48.6 Å². The van der Waals surface area contributed by atoms with Gasteiger partial charge in [-0.2, -0.15) is 0 Å². The fraction of sp³-hybridized carbons (Fsp3) is 0.450. The van der Waals surface area contributed by atoms with Crippen molar-refractivity contribution in [1.82, 2.24) is 9.97 Å². The zero-order chi connectivity index (χ0) is 18.6. The van der Waals surface area contributed by atoms with Gasteiger partial charge in [-0.1, -0.05) is 32.9 Å². The summed E-state index contributed by atoms with van der Waals surface area (Å²) in [7, 11) is 0. The zero-order valence-electron chi connectivity index (χ0n) is 15.8. The van der Waals surface area contributed by atoms with E-state index < -0.39 is 0 Å². The van der Waals surface area contributed by atoms with Gasteiger partial charge < -0.3 is 15.1 Å². The topological polar surface area (TPSA) is 62.6 Å². The highest BCUT2D eigenvalue weighted by molar-refractivity contribution is 5.91. The van der Waals surface area contributed by atoms with E-state index in [0.717, 1.165) is 37.8 Å². The highest BCUT2D eigenvalue weighted by Gasteiger charge is 2.23. The fourth-order valence-corrected chi connectivity index (χ4v) is 3.14. The molecule has 2 aromatic rings. The highest BCUT2D eigenvalue weighted by Crippen LogP contribution is 2.23. The van der Waals surface area contributed by atoms with Crippen LogP contribution in [0.3, 0.4) is 0 Å². The number of nitrogens with one attached hydrogen (secondary N) is 2. The van der Waals surface area contributed by atoms with Gasteiger partial charge in [-0.25, -0.2) is 9.97 Å². The SMILES string of the molecule is CC(C)(C)c1ccc(NC(=O)C[NH+]2CCN(c3ncccn3)CC2)cc1. The summed E-state index contributed by atoms with van der Waals surface area (Å²) < 4.78 is 0. The number of benzene rings is 1. The number of amides is 1. The average Bonchev–Trinajstić information content (AvgIpc) is 2.63. The first-order valence-electron chi connectivity index (χ1n) is 9.18. The van der Waals surface area contributed by atoms with Crippen LogP contribution in [0.5, 0.6) is 0 Å². The van der Waals surface area contributed by atoms with E-state index in [1.54, 1.807) is 12.4 Å². The van der Waals surface area contributed by atoms with Crippen LogP contribution in [0.25, 0.3) is 0 Å². The number of quaternary nitrogens is 1. The van der Waals surface area contributed by atoms with Crippen LogP contribution in [0, 0.1) is 0 Å². The van der Waals surface area contributed by atoms with Crippen LogP contribution in [0.4, 0.5) is 11.6 Å². The normalized spacial score (nSPS) is 15.7. The lowest BCUT2D eigenvalue weighted by Crippen LogP contribution is -3.15. The smallest absolute Gasteiger partial charge is 0.279 e. The lowest BCUT2D eigenvalue weighted by atomic mass is 9.87. The van der Waals surface area contributed by atoms with Crippen LogP contribution in [0.15, 0.2) is 42.7 Å². The molecule has 6 heteroatoms. The molecule has 0 aliphatic carbocycles. The van der Waals surface area contributed by atoms with E-state index in [2.05, 4.69) is 53.1 Å². The number of anilines is 2. The minimum Gasteiger partial charge on any atom is -0.330 e. The molecule has 3 rings (SSSR count). The minimum atomic E-state index is 0.0629. The van der Waals surface area contributed by atoms with Gasteiger partial charge in [0, 0.05) is 18.1 Å². The van der Waals surface area contributed by atoms with Crippen molar-refractivity contribution in [2.45, 2.75) is 26.2 Å². The number of rotatable bonds is 4. The van der Waals surface area contributed by atoms with Crippen LogP contribution in [0.1, 0.15) is 26.3 Å². The first kappa shape index (κ1) is 18.3. The Bertz CT molecular complexity index is 716. The number of aromatic nitrogens is 2. The van der Waals surface area contributed by atoms with Gasteiger partial charge in [0.05, 0.1) is 26.2 Å². The summed E-state index contributed by atoms with van der Waals surface area (Å²) in [5, 5.41) is 3.01. The van der Waals surface area contributed by atoms with E-state index in [9.17, 15) is 4.79 Å². The lowest BCUT2D eigenvalue weighted by Gasteiger charge is -2.31. The molecule has 0 unspecified atom stereocenters. The van der Waals surface area contributed by atoms with Gasteiger partial charge in [0.2, 0.25) is 5.95 Å². The number of nitrogens with zero attached hydrogens (tertiary/aromatic N) is 3. The number of carbonyl (C=O) groups excluding carboxylic acids is 1. The van der Waals surface area contributed by atoms with Crippen molar-refractivity contribution >= 4 is 17.5 Å². The Morgan fingerprint density at radius 3 is 2.31 bits per heavy atom. The third-order valence-corrected chi connectivity index (χ3v) is 4.75. The van der Waals surface area contributed by atoms with E-state index in [0.29, 0.717) is 6.54 Å². The molecule has 6 nitrogen and oxygen atoms in total. The maximum atomic E-state index is 12.3. The molecule has 2 N–H and O–H groups in total. The summed E-state index contributed by atoms with van der Waals surface area (Å²) in [5.74, 6) is 0.836. The van der Waals surface area contributed by atoms with Gasteiger partial charge in [-0.05, 0) is 29.2 Å². The maximum Gasteiger partial charge on any atom is 0.279 e. The van der Waals surface area contributed by atoms with Crippen LogP contribution in [0.2, 0.25) is 0 Å². The number of hydrogen-bond donors (Lipinski definition) is 2. The molecule has 1 aliphatic rings. The molecule has 0 saturated carbocycles. The number of hydrogen-bond acceptors (Lipinski definition) is 4. The van der Waals surface area contributed by atoms with E-state index in [4.69, 9.17) is 0 Å². The van der Waals surface area contributed by atoms with Gasteiger partial charge in [-0.15, -0.1) is 0 Å². The summed E-state index contributed by atoms with van der Waals surface area (Å²) in [4.78, 5) is 24.4. The Balaban J connectivity index is 1.47. The fourth-order valence-electron chi connectivity index (χ4n) is 3.14. The highest BCUT2D eigenvalue weighted by atomic mass is 16.2. The third kappa shape index (κ3) is 4.79. The predicted molar refractivity (Wildman–Crippen MR) is 104 cm³/mol. The predicted octanol–water partition coefficient (Wildman–Crippen LogP) is 1.12. The minimum absolute atomic E-state index is 0.0629. The molecule has 0 radical (unpaired) electrons. The summed E-state index contributed by atoms with van der Waals surface area (Å²) >= 11 is 0. The van der Waals surface area contributed by atoms with Crippen molar-refractivity contribution in [2.24, 2.45) is 0 Å². The molecule has 26 heavy (non-hydrogen) atoms. The van der Waals surface area contributed by atoms with Crippen molar-refractivity contribution in [3.63, 3.8) is 0 Å². The first-order valence-corrected chi connectivity index (χ1v) is 9.18. The quantitative estimate of drug-likeness (QED) is 0.864.